The zero-order chi connectivity index (χ0) is 21.0. The van der Waals surface area contributed by atoms with E-state index in [-0.39, 0.29) is 11.7 Å². The summed E-state index contributed by atoms with van der Waals surface area (Å²) in [6, 6.07) is 7.93. The van der Waals surface area contributed by atoms with Gasteiger partial charge in [-0.05, 0) is 45.4 Å². The van der Waals surface area contributed by atoms with E-state index in [2.05, 4.69) is 26.7 Å². The van der Waals surface area contributed by atoms with Crippen molar-refractivity contribution in [2.24, 2.45) is 0 Å². The molecule has 3 aromatic rings. The molecule has 2 aromatic heterocycles. The van der Waals surface area contributed by atoms with Crippen molar-refractivity contribution in [1.29, 1.82) is 0 Å². The molecule has 0 atom stereocenters. The molecule has 0 aliphatic carbocycles. The van der Waals surface area contributed by atoms with E-state index in [4.69, 9.17) is 10.6 Å². The van der Waals surface area contributed by atoms with Crippen molar-refractivity contribution in [3.05, 3.63) is 46.8 Å². The first kappa shape index (κ1) is 20.7. The van der Waals surface area contributed by atoms with Gasteiger partial charge in [0, 0.05) is 5.69 Å². The second-order valence-electron chi connectivity index (χ2n) is 6.75. The Morgan fingerprint density at radius 2 is 2.00 bits per heavy atom. The summed E-state index contributed by atoms with van der Waals surface area (Å²) in [7, 11) is 0. The predicted molar refractivity (Wildman–Crippen MR) is 112 cm³/mol. The number of aryl methyl sites for hydroxylation is 4. The fraction of sp³-hybridized carbons (Fsp3) is 0.368. The predicted octanol–water partition coefficient (Wildman–Crippen LogP) is 1.70. The van der Waals surface area contributed by atoms with Gasteiger partial charge in [-0.15, -0.1) is 10.2 Å². The molecule has 29 heavy (non-hydrogen) atoms. The third-order valence-corrected chi connectivity index (χ3v) is 5.13. The lowest BCUT2D eigenvalue weighted by Crippen LogP contribution is -2.29. The third-order valence-electron chi connectivity index (χ3n) is 4.19. The lowest BCUT2D eigenvalue weighted by molar-refractivity contribution is -0.118. The van der Waals surface area contributed by atoms with Crippen LogP contribution >= 0.6 is 11.8 Å². The van der Waals surface area contributed by atoms with E-state index in [1.807, 2.05) is 45.9 Å². The van der Waals surface area contributed by atoms with Crippen molar-refractivity contribution in [3.8, 4) is 11.7 Å². The van der Waals surface area contributed by atoms with E-state index in [9.17, 15) is 4.79 Å². The molecule has 1 amide bonds. The maximum absolute atomic E-state index is 12.1. The van der Waals surface area contributed by atoms with Gasteiger partial charge in [-0.25, -0.2) is 9.36 Å². The number of hydrogen-bond donors (Lipinski definition) is 2. The number of amides is 1. The number of thioether (sulfide) groups is 1. The Labute approximate surface area is 173 Å². The van der Waals surface area contributed by atoms with E-state index < -0.39 is 0 Å². The number of nitrogens with zero attached hydrogens (tertiary/aromatic N) is 5. The van der Waals surface area contributed by atoms with E-state index >= 15 is 0 Å². The molecule has 0 aliphatic heterocycles. The molecule has 2 heterocycles. The molecule has 1 aromatic carbocycles. The lowest BCUT2D eigenvalue weighted by Gasteiger charge is -2.10. The van der Waals surface area contributed by atoms with Gasteiger partial charge in [-0.2, -0.15) is 5.10 Å². The number of nitrogen functional groups attached to an aromatic ring is 1. The third kappa shape index (κ3) is 5.08. The molecule has 0 spiro atoms. The van der Waals surface area contributed by atoms with Crippen LogP contribution in [0.15, 0.2) is 29.4 Å². The molecular formula is C19H25N7O2S. The molecule has 0 aliphatic rings. The van der Waals surface area contributed by atoms with Gasteiger partial charge in [-0.1, -0.05) is 29.5 Å². The number of nitrogens with two attached hydrogens (primary N) is 1. The molecule has 10 heteroatoms. The zero-order valence-corrected chi connectivity index (χ0v) is 17.8. The van der Waals surface area contributed by atoms with Gasteiger partial charge in [0.1, 0.15) is 12.4 Å². The number of rotatable bonds is 8. The number of carbonyl (C=O) groups excluding carboxylic acids is 1. The molecule has 3 N–H and O–H groups in total. The molecule has 0 saturated heterocycles. The Morgan fingerprint density at radius 3 is 2.69 bits per heavy atom. The van der Waals surface area contributed by atoms with Gasteiger partial charge in [0.2, 0.25) is 11.1 Å². The van der Waals surface area contributed by atoms with E-state index in [1.165, 1.54) is 22.0 Å². The fourth-order valence-electron chi connectivity index (χ4n) is 2.84. The summed E-state index contributed by atoms with van der Waals surface area (Å²) in [6.07, 6.45) is 0. The molecular weight excluding hydrogens is 390 g/mol. The first-order chi connectivity index (χ1) is 13.8. The Balaban J connectivity index is 1.45. The number of benzene rings is 1. The molecule has 0 fully saturated rings. The summed E-state index contributed by atoms with van der Waals surface area (Å²) in [6.45, 7) is 8.66. The molecule has 3 rings (SSSR count). The second kappa shape index (κ2) is 8.99. The Hall–Kier alpha value is -3.01. The number of nitrogens with one attached hydrogen (secondary N) is 1. The Morgan fingerprint density at radius 1 is 1.21 bits per heavy atom. The smallest absolute Gasteiger partial charge is 0.271 e. The number of aromatic nitrogens is 5. The molecule has 0 radical (unpaired) electrons. The summed E-state index contributed by atoms with van der Waals surface area (Å²) < 4.78 is 8.67. The van der Waals surface area contributed by atoms with Gasteiger partial charge in [0.25, 0.3) is 5.95 Å². The van der Waals surface area contributed by atoms with Crippen LogP contribution in [0.4, 0.5) is 0 Å². The van der Waals surface area contributed by atoms with E-state index in [0.29, 0.717) is 24.3 Å². The molecule has 154 valence electrons. The largest absolute Gasteiger partial charge is 0.491 e. The van der Waals surface area contributed by atoms with Gasteiger partial charge in [0.15, 0.2) is 0 Å². The maximum Gasteiger partial charge on any atom is 0.271 e. The van der Waals surface area contributed by atoms with Crippen molar-refractivity contribution in [1.82, 2.24) is 30.0 Å². The van der Waals surface area contributed by atoms with Crippen LogP contribution in [0.25, 0.3) is 5.95 Å². The van der Waals surface area contributed by atoms with Crippen molar-refractivity contribution in [3.63, 3.8) is 0 Å². The molecule has 0 saturated carbocycles. The average molecular weight is 416 g/mol. The topological polar surface area (TPSA) is 113 Å². The van der Waals surface area contributed by atoms with Crippen molar-refractivity contribution >= 4 is 17.7 Å². The summed E-state index contributed by atoms with van der Waals surface area (Å²) in [5, 5.41) is 15.7. The van der Waals surface area contributed by atoms with Gasteiger partial charge >= 0.3 is 0 Å². The first-order valence-corrected chi connectivity index (χ1v) is 10.2. The van der Waals surface area contributed by atoms with Crippen LogP contribution in [0.3, 0.4) is 0 Å². The Kier molecular flexibility index (Phi) is 6.42. The lowest BCUT2D eigenvalue weighted by atomic mass is 10.1. The minimum absolute atomic E-state index is 0.130. The second-order valence-corrected chi connectivity index (χ2v) is 7.69. The minimum atomic E-state index is -0.130. The fourth-order valence-corrected chi connectivity index (χ4v) is 3.52. The van der Waals surface area contributed by atoms with Gasteiger partial charge in [0.05, 0.1) is 18.0 Å². The molecule has 0 bridgehead atoms. The summed E-state index contributed by atoms with van der Waals surface area (Å²) in [4.78, 5) is 12.1. The SMILES string of the molecule is Cc1ccc(OCCNC(=O)CSc2nnc(-n3nc(C)cc3C)n2N)c(C)c1. The van der Waals surface area contributed by atoms with Crippen LogP contribution in [0, 0.1) is 27.7 Å². The molecule has 9 nitrogen and oxygen atoms in total. The van der Waals surface area contributed by atoms with Crippen molar-refractivity contribution in [2.75, 3.05) is 24.7 Å². The summed E-state index contributed by atoms with van der Waals surface area (Å²) in [5.74, 6) is 7.34. The summed E-state index contributed by atoms with van der Waals surface area (Å²) >= 11 is 1.21. The highest BCUT2D eigenvalue weighted by atomic mass is 32.2. The van der Waals surface area contributed by atoms with Crippen LogP contribution in [0.2, 0.25) is 0 Å². The van der Waals surface area contributed by atoms with Crippen LogP contribution in [0.5, 0.6) is 5.75 Å². The van der Waals surface area contributed by atoms with Crippen molar-refractivity contribution < 1.29 is 9.53 Å². The highest BCUT2D eigenvalue weighted by Crippen LogP contribution is 2.19. The quantitative estimate of drug-likeness (QED) is 0.327. The van der Waals surface area contributed by atoms with E-state index in [1.54, 1.807) is 4.68 Å². The van der Waals surface area contributed by atoms with Crippen LogP contribution in [0.1, 0.15) is 22.5 Å². The van der Waals surface area contributed by atoms with Gasteiger partial charge < -0.3 is 15.9 Å². The minimum Gasteiger partial charge on any atom is -0.491 e. The highest BCUT2D eigenvalue weighted by Gasteiger charge is 2.16. The standard InChI is InChI=1S/C19H25N7O2S/c1-12-5-6-16(13(2)9-12)28-8-7-21-17(27)11-29-19-23-22-18(25(19)20)26-15(4)10-14(3)24-26/h5-6,9-10H,7-8,11,20H2,1-4H3,(H,21,27). The zero-order valence-electron chi connectivity index (χ0n) is 17.0. The van der Waals surface area contributed by atoms with Crippen molar-refractivity contribution in [2.45, 2.75) is 32.9 Å². The average Bonchev–Trinajstić information content (AvgIpc) is 3.19. The number of carbonyl (C=O) groups is 1. The monoisotopic (exact) mass is 415 g/mol. The number of ether oxygens (including phenoxy) is 1. The van der Waals surface area contributed by atoms with Gasteiger partial charge in [-0.3, -0.25) is 4.79 Å². The van der Waals surface area contributed by atoms with E-state index in [0.717, 1.165) is 22.7 Å². The first-order valence-electron chi connectivity index (χ1n) is 9.19. The van der Waals surface area contributed by atoms with Crippen LogP contribution < -0.4 is 15.9 Å². The van der Waals surface area contributed by atoms with Crippen LogP contribution in [-0.4, -0.2) is 49.5 Å². The van der Waals surface area contributed by atoms with Crippen LogP contribution in [-0.2, 0) is 4.79 Å². The highest BCUT2D eigenvalue weighted by molar-refractivity contribution is 7.99. The normalized spacial score (nSPS) is 10.9. The number of hydrogen-bond acceptors (Lipinski definition) is 7. The Bertz CT molecular complexity index is 1010. The molecule has 0 unspecified atom stereocenters. The maximum atomic E-state index is 12.1. The summed E-state index contributed by atoms with van der Waals surface area (Å²) in [5.41, 5.74) is 4.03.